The van der Waals surface area contributed by atoms with E-state index >= 15 is 0 Å². The van der Waals surface area contributed by atoms with E-state index in [4.69, 9.17) is 0 Å². The average molecular weight is 434 g/mol. The Hall–Kier alpha value is -3.06. The zero-order chi connectivity index (χ0) is 21.6. The van der Waals surface area contributed by atoms with Crippen LogP contribution in [-0.4, -0.2) is 32.2 Å². The molecule has 4 aromatic rings. The highest BCUT2D eigenvalue weighted by Gasteiger charge is 2.23. The first-order valence-corrected chi connectivity index (χ1v) is 11.7. The highest BCUT2D eigenvalue weighted by atomic mass is 32.1. The number of fused-ring (bicyclic) bond motifs is 1. The fourth-order valence-corrected chi connectivity index (χ4v) is 4.50. The third-order valence-electron chi connectivity index (χ3n) is 5.53. The van der Waals surface area contributed by atoms with Crippen LogP contribution in [-0.2, 0) is 0 Å². The van der Waals surface area contributed by atoms with Gasteiger partial charge in [0.25, 0.3) is 5.91 Å². The van der Waals surface area contributed by atoms with Gasteiger partial charge in [-0.15, -0.1) is 11.3 Å². The molecule has 0 aliphatic heterocycles. The molecule has 0 fully saturated rings. The molecular weight excluding hydrogens is 406 g/mol. The summed E-state index contributed by atoms with van der Waals surface area (Å²) >= 11 is 1.64. The third-order valence-corrected chi connectivity index (χ3v) is 6.43. The zero-order valence-electron chi connectivity index (χ0n) is 17.9. The molecule has 1 atom stereocenters. The second-order valence-corrected chi connectivity index (χ2v) is 8.56. The number of nitrogens with zero attached hydrogens (tertiary/aromatic N) is 4. The normalized spacial score (nSPS) is 12.2. The number of hydrogen-bond acceptors (Lipinski definition) is 5. The van der Waals surface area contributed by atoms with Crippen LogP contribution in [0.25, 0.3) is 27.3 Å². The van der Waals surface area contributed by atoms with E-state index in [9.17, 15) is 4.79 Å². The first-order valence-electron chi connectivity index (χ1n) is 10.8. The molecule has 1 amide bonds. The summed E-state index contributed by atoms with van der Waals surface area (Å²) < 4.78 is 1.66. The molecule has 4 heterocycles. The van der Waals surface area contributed by atoms with Crippen molar-refractivity contribution in [1.29, 1.82) is 0 Å². The van der Waals surface area contributed by atoms with E-state index in [0.29, 0.717) is 29.6 Å². The highest BCUT2D eigenvalue weighted by Crippen LogP contribution is 2.33. The smallest absolute Gasteiger partial charge is 0.272 e. The van der Waals surface area contributed by atoms with E-state index in [1.54, 1.807) is 28.4 Å². The summed E-state index contributed by atoms with van der Waals surface area (Å²) in [6, 6.07) is 11.6. The van der Waals surface area contributed by atoms with Gasteiger partial charge in [0.2, 0.25) is 0 Å². The summed E-state index contributed by atoms with van der Waals surface area (Å²) in [6.45, 7) is 5.03. The summed E-state index contributed by atoms with van der Waals surface area (Å²) in [5.74, 6) is 0.945. The monoisotopic (exact) mass is 433 g/mol. The second kappa shape index (κ2) is 9.83. The Bertz CT molecular complexity index is 1140. The Kier molecular flexibility index (Phi) is 6.72. The van der Waals surface area contributed by atoms with Gasteiger partial charge < -0.3 is 5.32 Å². The molecule has 4 rings (SSSR count). The van der Waals surface area contributed by atoms with Crippen molar-refractivity contribution in [3.63, 3.8) is 0 Å². The number of thiophene rings is 1. The lowest BCUT2D eigenvalue weighted by Gasteiger charge is -2.14. The number of aromatic nitrogens is 4. The highest BCUT2D eigenvalue weighted by molar-refractivity contribution is 7.13. The van der Waals surface area contributed by atoms with E-state index in [-0.39, 0.29) is 5.91 Å². The van der Waals surface area contributed by atoms with Gasteiger partial charge in [0.05, 0.1) is 5.39 Å². The molecule has 4 aromatic heterocycles. The molecule has 0 aliphatic rings. The SMILES string of the molecule is CCCC[C@H](CC)CNC(=O)c1nn(-c2ccccn2)c2nccc(-c3cccs3)c12. The maximum atomic E-state index is 13.3. The van der Waals surface area contributed by atoms with Crippen molar-refractivity contribution in [2.75, 3.05) is 6.54 Å². The maximum Gasteiger partial charge on any atom is 0.272 e. The molecule has 0 unspecified atom stereocenters. The van der Waals surface area contributed by atoms with Crippen molar-refractivity contribution >= 4 is 28.3 Å². The molecule has 160 valence electrons. The maximum absolute atomic E-state index is 13.3. The molecule has 0 bridgehead atoms. The Morgan fingerprint density at radius 2 is 2.03 bits per heavy atom. The van der Waals surface area contributed by atoms with Gasteiger partial charge in [0, 0.05) is 29.4 Å². The molecule has 0 saturated carbocycles. The molecule has 0 aromatic carbocycles. The van der Waals surface area contributed by atoms with Gasteiger partial charge in [-0.05, 0) is 42.0 Å². The van der Waals surface area contributed by atoms with Crippen LogP contribution in [0.3, 0.4) is 0 Å². The van der Waals surface area contributed by atoms with Gasteiger partial charge in [-0.3, -0.25) is 4.79 Å². The molecule has 0 radical (unpaired) electrons. The van der Waals surface area contributed by atoms with Crippen LogP contribution in [0.15, 0.2) is 54.2 Å². The number of unbranched alkanes of at least 4 members (excludes halogenated alkanes) is 1. The van der Waals surface area contributed by atoms with E-state index in [1.165, 1.54) is 12.8 Å². The molecule has 1 N–H and O–H groups in total. The molecule has 0 saturated heterocycles. The predicted molar refractivity (Wildman–Crippen MR) is 126 cm³/mol. The van der Waals surface area contributed by atoms with Gasteiger partial charge >= 0.3 is 0 Å². The summed E-state index contributed by atoms with van der Waals surface area (Å²) in [5.41, 5.74) is 1.99. The predicted octanol–water partition coefficient (Wildman–Crippen LogP) is 5.49. The van der Waals surface area contributed by atoms with Gasteiger partial charge in [-0.1, -0.05) is 45.2 Å². The van der Waals surface area contributed by atoms with Crippen LogP contribution in [0.5, 0.6) is 0 Å². The topological polar surface area (TPSA) is 72.7 Å². The first kappa shape index (κ1) is 21.2. The number of nitrogens with one attached hydrogen (secondary N) is 1. The number of carbonyl (C=O) groups excluding carboxylic acids is 1. The largest absolute Gasteiger partial charge is 0.350 e. The molecular formula is C24H27N5OS. The van der Waals surface area contributed by atoms with Crippen molar-refractivity contribution in [3.8, 4) is 16.3 Å². The van der Waals surface area contributed by atoms with Crippen molar-refractivity contribution in [2.24, 2.45) is 5.92 Å². The molecule has 0 spiro atoms. The van der Waals surface area contributed by atoms with E-state index in [1.807, 2.05) is 35.7 Å². The number of carbonyl (C=O) groups is 1. The molecule has 0 aliphatic carbocycles. The van der Waals surface area contributed by atoms with Crippen LogP contribution < -0.4 is 5.32 Å². The lowest BCUT2D eigenvalue weighted by molar-refractivity contribution is 0.0942. The fourth-order valence-electron chi connectivity index (χ4n) is 3.74. The Balaban J connectivity index is 1.76. The Morgan fingerprint density at radius 3 is 2.74 bits per heavy atom. The molecule has 31 heavy (non-hydrogen) atoms. The average Bonchev–Trinajstić information content (AvgIpc) is 3.48. The number of rotatable bonds is 9. The molecule has 6 nitrogen and oxygen atoms in total. The quantitative estimate of drug-likeness (QED) is 0.379. The minimum atomic E-state index is -0.166. The van der Waals surface area contributed by atoms with Gasteiger partial charge in [0.1, 0.15) is 0 Å². The van der Waals surface area contributed by atoms with Crippen molar-refractivity contribution in [1.82, 2.24) is 25.1 Å². The van der Waals surface area contributed by atoms with Crippen LogP contribution in [0.1, 0.15) is 50.0 Å². The van der Waals surface area contributed by atoms with E-state index < -0.39 is 0 Å². The summed E-state index contributed by atoms with van der Waals surface area (Å²) in [6.07, 6.45) is 7.99. The van der Waals surface area contributed by atoms with Crippen molar-refractivity contribution in [2.45, 2.75) is 39.5 Å². The van der Waals surface area contributed by atoms with Crippen molar-refractivity contribution < 1.29 is 4.79 Å². The molecule has 7 heteroatoms. The summed E-state index contributed by atoms with van der Waals surface area (Å²) in [4.78, 5) is 23.4. The zero-order valence-corrected chi connectivity index (χ0v) is 18.7. The van der Waals surface area contributed by atoms with E-state index in [0.717, 1.165) is 28.7 Å². The lowest BCUT2D eigenvalue weighted by atomic mass is 9.99. The van der Waals surface area contributed by atoms with Crippen LogP contribution in [0.4, 0.5) is 0 Å². The fraction of sp³-hybridized carbons (Fsp3) is 0.333. The standard InChI is InChI=1S/C24H27N5OS/c1-3-5-9-17(4-2)16-27-24(30)22-21-18(19-10-8-15-31-19)12-14-26-23(21)29(28-22)20-11-6-7-13-25-20/h6-8,10-15,17H,3-5,9,16H2,1-2H3,(H,27,30)/t17-/m0/s1. The number of amides is 1. The van der Waals surface area contributed by atoms with Crippen LogP contribution >= 0.6 is 11.3 Å². The second-order valence-electron chi connectivity index (χ2n) is 7.61. The third kappa shape index (κ3) is 4.51. The van der Waals surface area contributed by atoms with Gasteiger partial charge in [0.15, 0.2) is 17.2 Å². The van der Waals surface area contributed by atoms with Crippen LogP contribution in [0.2, 0.25) is 0 Å². The minimum absolute atomic E-state index is 0.166. The van der Waals surface area contributed by atoms with Gasteiger partial charge in [-0.25, -0.2) is 9.97 Å². The first-order chi connectivity index (χ1) is 15.2. The van der Waals surface area contributed by atoms with Crippen LogP contribution in [0, 0.1) is 5.92 Å². The Labute approximate surface area is 186 Å². The van der Waals surface area contributed by atoms with E-state index in [2.05, 4.69) is 40.3 Å². The van der Waals surface area contributed by atoms with Gasteiger partial charge in [-0.2, -0.15) is 9.78 Å². The number of pyridine rings is 2. The Morgan fingerprint density at radius 1 is 1.13 bits per heavy atom. The summed E-state index contributed by atoms with van der Waals surface area (Å²) in [5, 5.41) is 10.6. The lowest BCUT2D eigenvalue weighted by Crippen LogP contribution is -2.29. The number of hydrogen-bond donors (Lipinski definition) is 1. The van der Waals surface area contributed by atoms with Crippen molar-refractivity contribution in [3.05, 3.63) is 59.9 Å². The summed E-state index contributed by atoms with van der Waals surface area (Å²) in [7, 11) is 0. The minimum Gasteiger partial charge on any atom is -0.350 e.